The van der Waals surface area contributed by atoms with Crippen LogP contribution in [0.2, 0.25) is 0 Å². The van der Waals surface area contributed by atoms with E-state index in [1.54, 1.807) is 0 Å². The maximum absolute atomic E-state index is 9.91. The molecule has 0 aromatic rings. The summed E-state index contributed by atoms with van der Waals surface area (Å²) >= 11 is 0. The molecule has 0 unspecified atom stereocenters. The normalized spacial score (nSPS) is 8.14. The highest BCUT2D eigenvalue weighted by Gasteiger charge is 1.86. The summed E-state index contributed by atoms with van der Waals surface area (Å²) in [6, 6.07) is 0. The first-order chi connectivity index (χ1) is 3.13. The average Bonchev–Trinajstić information content (AvgIpc) is 1.27. The number of carbonyl (C=O) groups is 1. The largest absolute Gasteiger partial charge is 0.862 e. The summed E-state index contributed by atoms with van der Waals surface area (Å²) in [7, 11) is 0. The van der Waals surface area contributed by atoms with Gasteiger partial charge in [-0.1, -0.05) is 0 Å². The van der Waals surface area contributed by atoms with E-state index >= 15 is 0 Å². The maximum atomic E-state index is 9.91. The molecule has 0 atom stereocenters. The van der Waals surface area contributed by atoms with Crippen LogP contribution in [-0.4, -0.2) is 11.7 Å². The molecule has 0 fully saturated rings. The average molecular weight is 100 g/mol. The van der Waals surface area contributed by atoms with Crippen LogP contribution in [0.25, 0.3) is 0 Å². The summed E-state index contributed by atoms with van der Waals surface area (Å²) < 4.78 is 0. The van der Waals surface area contributed by atoms with Crippen LogP contribution in [0, 0.1) is 5.41 Å². The van der Waals surface area contributed by atoms with Gasteiger partial charge in [0.05, 0.1) is 0 Å². The zero-order chi connectivity index (χ0) is 5.86. The fourth-order valence-electron chi connectivity index (χ4n) is 0.226. The van der Waals surface area contributed by atoms with Crippen LogP contribution >= 0.6 is 0 Å². The van der Waals surface area contributed by atoms with E-state index < -0.39 is 5.90 Å². The van der Waals surface area contributed by atoms with Gasteiger partial charge in [-0.15, -0.1) is 0 Å². The molecule has 0 radical (unpaired) electrons. The first-order valence-electron chi connectivity index (χ1n) is 1.87. The molecule has 0 spiro atoms. The van der Waals surface area contributed by atoms with Crippen LogP contribution in [0.5, 0.6) is 0 Å². The van der Waals surface area contributed by atoms with E-state index in [9.17, 15) is 9.90 Å². The van der Waals surface area contributed by atoms with Crippen molar-refractivity contribution < 1.29 is 9.90 Å². The van der Waals surface area contributed by atoms with Gasteiger partial charge in [0.2, 0.25) is 0 Å². The number of carbonyl (C=O) groups excluding carboxylic acids is 1. The van der Waals surface area contributed by atoms with Gasteiger partial charge in [0, 0.05) is 6.42 Å². The lowest BCUT2D eigenvalue weighted by molar-refractivity contribution is -0.219. The topological polar surface area (TPSA) is 64.0 Å². The molecule has 0 saturated carbocycles. The summed E-state index contributed by atoms with van der Waals surface area (Å²) in [5, 5.41) is 15.9. The van der Waals surface area contributed by atoms with Crippen molar-refractivity contribution in [1.82, 2.24) is 0 Å². The summed E-state index contributed by atoms with van der Waals surface area (Å²) in [6.45, 7) is 1.28. The van der Waals surface area contributed by atoms with Crippen molar-refractivity contribution in [2.24, 2.45) is 0 Å². The third-order valence-electron chi connectivity index (χ3n) is 0.410. The molecule has 0 amide bonds. The molecule has 0 heterocycles. The second kappa shape index (κ2) is 2.34. The fourth-order valence-corrected chi connectivity index (χ4v) is 0.226. The van der Waals surface area contributed by atoms with Crippen molar-refractivity contribution in [1.29, 1.82) is 5.41 Å². The minimum Gasteiger partial charge on any atom is -0.862 e. The number of hydrogen-bond donors (Lipinski definition) is 1. The highest BCUT2D eigenvalue weighted by atomic mass is 16.3. The van der Waals surface area contributed by atoms with Crippen molar-refractivity contribution in [2.75, 3.05) is 0 Å². The Balaban J connectivity index is 3.32. The first-order valence-corrected chi connectivity index (χ1v) is 1.87. The van der Waals surface area contributed by atoms with Gasteiger partial charge < -0.3 is 10.5 Å². The van der Waals surface area contributed by atoms with Gasteiger partial charge in [0.15, 0.2) is 0 Å². The Morgan fingerprint density at radius 2 is 2.29 bits per heavy atom. The van der Waals surface area contributed by atoms with E-state index in [0.717, 1.165) is 0 Å². The third-order valence-corrected chi connectivity index (χ3v) is 0.410. The molecular weight excluding hydrogens is 94.0 g/mol. The summed E-state index contributed by atoms with van der Waals surface area (Å²) in [6.07, 6.45) is -0.250. The summed E-state index contributed by atoms with van der Waals surface area (Å²) in [5.41, 5.74) is 0. The Morgan fingerprint density at radius 3 is 2.29 bits per heavy atom. The Morgan fingerprint density at radius 1 is 1.86 bits per heavy atom. The predicted octanol–water partition coefficient (Wildman–Crippen LogP) is -0.697. The molecular formula is C4H6NO2-. The second-order valence-electron chi connectivity index (χ2n) is 1.30. The van der Waals surface area contributed by atoms with Crippen molar-refractivity contribution in [3.8, 4) is 0 Å². The molecule has 0 bridgehead atoms. The number of Topliss-reactive ketones (excluding diaryl/α,β-unsaturated/α-hetero) is 1. The minimum atomic E-state index is -0.812. The van der Waals surface area contributed by atoms with Crippen LogP contribution in [-0.2, 0) is 4.79 Å². The van der Waals surface area contributed by atoms with E-state index in [2.05, 4.69) is 0 Å². The number of rotatable bonds is 2. The van der Waals surface area contributed by atoms with Gasteiger partial charge in [0.1, 0.15) is 5.78 Å². The summed E-state index contributed by atoms with van der Waals surface area (Å²) in [4.78, 5) is 9.91. The Kier molecular flexibility index (Phi) is 2.05. The fraction of sp³-hybridized carbons (Fsp3) is 0.500. The van der Waals surface area contributed by atoms with Crippen molar-refractivity contribution in [3.05, 3.63) is 0 Å². The Bertz CT molecular complexity index is 85.9. The molecule has 0 saturated heterocycles. The SMILES string of the molecule is CC(=O)CC(=N)[O-]. The molecule has 7 heavy (non-hydrogen) atoms. The Labute approximate surface area is 41.5 Å². The highest BCUT2D eigenvalue weighted by Crippen LogP contribution is 1.75. The molecule has 40 valence electrons. The maximum Gasteiger partial charge on any atom is 0.134 e. The third kappa shape index (κ3) is 5.14. The molecule has 0 aromatic carbocycles. The van der Waals surface area contributed by atoms with Gasteiger partial charge in [-0.05, 0) is 12.8 Å². The highest BCUT2D eigenvalue weighted by molar-refractivity contribution is 5.93. The van der Waals surface area contributed by atoms with Gasteiger partial charge in [-0.25, -0.2) is 0 Å². The zero-order valence-corrected chi connectivity index (χ0v) is 4.02. The van der Waals surface area contributed by atoms with Crippen LogP contribution in [0.1, 0.15) is 13.3 Å². The first kappa shape index (κ1) is 6.14. The number of hydrogen-bond acceptors (Lipinski definition) is 3. The lowest BCUT2D eigenvalue weighted by Gasteiger charge is -2.00. The Hall–Kier alpha value is -0.860. The lowest BCUT2D eigenvalue weighted by atomic mass is 10.3. The van der Waals surface area contributed by atoms with Crippen LogP contribution in [0.15, 0.2) is 0 Å². The molecule has 3 heteroatoms. The second-order valence-corrected chi connectivity index (χ2v) is 1.30. The van der Waals surface area contributed by atoms with E-state index in [-0.39, 0.29) is 12.2 Å². The zero-order valence-electron chi connectivity index (χ0n) is 4.02. The smallest absolute Gasteiger partial charge is 0.134 e. The van der Waals surface area contributed by atoms with Crippen molar-refractivity contribution in [3.63, 3.8) is 0 Å². The lowest BCUT2D eigenvalue weighted by Crippen LogP contribution is -2.18. The van der Waals surface area contributed by atoms with Crippen molar-refractivity contribution in [2.45, 2.75) is 13.3 Å². The van der Waals surface area contributed by atoms with Gasteiger partial charge in [-0.2, -0.15) is 0 Å². The molecule has 0 aliphatic heterocycles. The van der Waals surface area contributed by atoms with Gasteiger partial charge in [-0.3, -0.25) is 4.79 Å². The molecule has 0 aliphatic rings. The summed E-state index contributed by atoms with van der Waals surface area (Å²) in [5.74, 6) is -1.06. The molecule has 0 aliphatic carbocycles. The van der Waals surface area contributed by atoms with E-state index in [0.29, 0.717) is 0 Å². The number of ketones is 1. The number of nitrogens with one attached hydrogen (secondary N) is 1. The van der Waals surface area contributed by atoms with E-state index in [1.165, 1.54) is 6.92 Å². The quantitative estimate of drug-likeness (QED) is 0.368. The molecule has 0 rings (SSSR count). The molecule has 1 N–H and O–H groups in total. The van der Waals surface area contributed by atoms with Crippen LogP contribution < -0.4 is 5.11 Å². The van der Waals surface area contributed by atoms with Gasteiger partial charge >= 0.3 is 0 Å². The minimum absolute atomic E-state index is 0.250. The standard InChI is InChI=1S/C4H7NO2/c1-3(6)2-4(5)7/h2H2,1H3,(H2,5,7)/p-1. The molecule has 3 nitrogen and oxygen atoms in total. The van der Waals surface area contributed by atoms with Crippen LogP contribution in [0.3, 0.4) is 0 Å². The van der Waals surface area contributed by atoms with Gasteiger partial charge in [0.25, 0.3) is 0 Å². The predicted molar refractivity (Wildman–Crippen MR) is 23.0 cm³/mol. The monoisotopic (exact) mass is 100 g/mol. The molecule has 0 aromatic heterocycles. The van der Waals surface area contributed by atoms with E-state index in [1.807, 2.05) is 0 Å². The van der Waals surface area contributed by atoms with Crippen molar-refractivity contribution >= 4 is 11.7 Å². The van der Waals surface area contributed by atoms with Crippen LogP contribution in [0.4, 0.5) is 0 Å². The van der Waals surface area contributed by atoms with E-state index in [4.69, 9.17) is 5.41 Å².